The quantitative estimate of drug-likeness (QED) is 0.741. The van der Waals surface area contributed by atoms with Crippen molar-refractivity contribution in [2.75, 3.05) is 5.75 Å². The summed E-state index contributed by atoms with van der Waals surface area (Å²) in [6.45, 7) is 0. The van der Waals surface area contributed by atoms with Crippen LogP contribution < -0.4 is 0 Å². The number of thiol groups is 1. The molecule has 2 aromatic carbocycles. The zero-order valence-electron chi connectivity index (χ0n) is 10.2. The minimum atomic E-state index is 0.0673. The van der Waals surface area contributed by atoms with Gasteiger partial charge in [0.2, 0.25) is 0 Å². The Morgan fingerprint density at radius 3 is 2.37 bits per heavy atom. The molecule has 0 N–H and O–H groups in total. The van der Waals surface area contributed by atoms with Crippen molar-refractivity contribution in [2.45, 2.75) is 6.42 Å². The van der Waals surface area contributed by atoms with Crippen LogP contribution in [-0.2, 0) is 11.2 Å². The zero-order valence-corrected chi connectivity index (χ0v) is 11.1. The van der Waals surface area contributed by atoms with Gasteiger partial charge in [-0.3, -0.25) is 9.59 Å². The summed E-state index contributed by atoms with van der Waals surface area (Å²) in [4.78, 5) is 23.6. The first kappa shape index (κ1) is 12.2. The molecule has 0 heterocycles. The third kappa shape index (κ3) is 2.00. The molecule has 1 aliphatic rings. The molecular weight excluding hydrogens is 256 g/mol. The fourth-order valence-corrected chi connectivity index (χ4v) is 2.58. The maximum absolute atomic E-state index is 12.2. The average Bonchev–Trinajstić information content (AvgIpc) is 2.73. The number of rotatable bonds is 3. The highest BCUT2D eigenvalue weighted by Crippen LogP contribution is 2.36. The van der Waals surface area contributed by atoms with Crippen LogP contribution in [-0.4, -0.2) is 17.3 Å². The first-order valence-corrected chi connectivity index (χ1v) is 6.73. The maximum Gasteiger partial charge on any atom is 0.194 e. The monoisotopic (exact) mass is 268 g/mol. The van der Waals surface area contributed by atoms with Gasteiger partial charge in [-0.15, -0.1) is 0 Å². The Labute approximate surface area is 116 Å². The van der Waals surface area contributed by atoms with Gasteiger partial charge in [-0.25, -0.2) is 0 Å². The molecule has 3 rings (SSSR count). The molecule has 2 aromatic rings. The Hall–Kier alpha value is -1.87. The van der Waals surface area contributed by atoms with Gasteiger partial charge in [0.05, 0.1) is 0 Å². The fraction of sp³-hybridized carbons (Fsp3) is 0.125. The second-order valence-electron chi connectivity index (χ2n) is 4.63. The lowest BCUT2D eigenvalue weighted by Crippen LogP contribution is -2.04. The minimum absolute atomic E-state index is 0.0673. The topological polar surface area (TPSA) is 34.1 Å². The van der Waals surface area contributed by atoms with Gasteiger partial charge in [-0.2, -0.15) is 12.6 Å². The highest BCUT2D eigenvalue weighted by atomic mass is 32.1. The zero-order chi connectivity index (χ0) is 13.4. The number of Topliss-reactive ketones (excluding diaryl/α,β-unsaturated/α-hetero) is 1. The fourth-order valence-electron chi connectivity index (χ4n) is 2.47. The molecule has 0 saturated carbocycles. The number of carbonyl (C=O) groups excluding carboxylic acids is 2. The van der Waals surface area contributed by atoms with Gasteiger partial charge in [0.25, 0.3) is 0 Å². The van der Waals surface area contributed by atoms with Crippen molar-refractivity contribution in [3.05, 3.63) is 59.2 Å². The lowest BCUT2D eigenvalue weighted by molar-refractivity contribution is -0.115. The summed E-state index contributed by atoms with van der Waals surface area (Å²) in [5.41, 5.74) is 4.30. The van der Waals surface area contributed by atoms with Crippen molar-refractivity contribution < 1.29 is 9.59 Å². The van der Waals surface area contributed by atoms with Crippen molar-refractivity contribution in [2.24, 2.45) is 0 Å². The summed E-state index contributed by atoms with van der Waals surface area (Å²) in [6, 6.07) is 13.2. The molecule has 94 valence electrons. The number of ketones is 2. The molecule has 0 spiro atoms. The van der Waals surface area contributed by atoms with E-state index in [0.29, 0.717) is 6.42 Å². The summed E-state index contributed by atoms with van der Waals surface area (Å²) in [5, 5.41) is 0. The summed E-state index contributed by atoms with van der Waals surface area (Å²) < 4.78 is 0. The largest absolute Gasteiger partial charge is 0.298 e. The van der Waals surface area contributed by atoms with Crippen LogP contribution in [0.25, 0.3) is 11.1 Å². The third-order valence-electron chi connectivity index (χ3n) is 3.37. The Morgan fingerprint density at radius 2 is 1.63 bits per heavy atom. The van der Waals surface area contributed by atoms with E-state index >= 15 is 0 Å². The molecule has 0 fully saturated rings. The molecule has 0 aromatic heterocycles. The molecule has 0 unspecified atom stereocenters. The molecule has 0 aliphatic heterocycles. The molecule has 0 bridgehead atoms. The van der Waals surface area contributed by atoms with Gasteiger partial charge in [0.15, 0.2) is 5.78 Å². The van der Waals surface area contributed by atoms with E-state index in [0.717, 1.165) is 27.8 Å². The third-order valence-corrected chi connectivity index (χ3v) is 3.72. The summed E-state index contributed by atoms with van der Waals surface area (Å²) >= 11 is 3.98. The number of hydrogen-bond donors (Lipinski definition) is 1. The van der Waals surface area contributed by atoms with E-state index in [1.807, 2.05) is 42.5 Å². The van der Waals surface area contributed by atoms with E-state index < -0.39 is 0 Å². The Kier molecular flexibility index (Phi) is 2.99. The number of carbonyl (C=O) groups is 2. The van der Waals surface area contributed by atoms with Gasteiger partial charge in [0, 0.05) is 23.3 Å². The van der Waals surface area contributed by atoms with E-state index in [1.165, 1.54) is 0 Å². The van der Waals surface area contributed by atoms with Crippen LogP contribution in [0, 0.1) is 0 Å². The van der Waals surface area contributed by atoms with Gasteiger partial charge in [-0.1, -0.05) is 36.4 Å². The molecular formula is C16H12O2S. The van der Waals surface area contributed by atoms with Crippen molar-refractivity contribution in [1.82, 2.24) is 0 Å². The SMILES string of the molecule is O=C(CS)Cc1ccc2c(c1)-c1ccccc1C2=O. The second-order valence-corrected chi connectivity index (χ2v) is 4.94. The molecule has 0 radical (unpaired) electrons. The number of benzene rings is 2. The molecule has 1 aliphatic carbocycles. The second kappa shape index (κ2) is 4.67. The van der Waals surface area contributed by atoms with Crippen LogP contribution in [0.4, 0.5) is 0 Å². The highest BCUT2D eigenvalue weighted by Gasteiger charge is 2.26. The van der Waals surface area contributed by atoms with Crippen LogP contribution in [0.3, 0.4) is 0 Å². The molecule has 0 amide bonds. The predicted molar refractivity (Wildman–Crippen MR) is 77.9 cm³/mol. The normalized spacial score (nSPS) is 12.2. The van der Waals surface area contributed by atoms with Crippen molar-refractivity contribution in [1.29, 1.82) is 0 Å². The first-order chi connectivity index (χ1) is 9.20. The van der Waals surface area contributed by atoms with Crippen LogP contribution in [0.15, 0.2) is 42.5 Å². The van der Waals surface area contributed by atoms with Crippen molar-refractivity contribution in [3.63, 3.8) is 0 Å². The summed E-state index contributed by atoms with van der Waals surface area (Å²) in [6.07, 6.45) is 0.368. The van der Waals surface area contributed by atoms with Crippen LogP contribution in [0.2, 0.25) is 0 Å². The molecule has 19 heavy (non-hydrogen) atoms. The first-order valence-electron chi connectivity index (χ1n) is 6.10. The number of fused-ring (bicyclic) bond motifs is 3. The van der Waals surface area contributed by atoms with E-state index in [4.69, 9.17) is 0 Å². The number of hydrogen-bond acceptors (Lipinski definition) is 3. The van der Waals surface area contributed by atoms with Gasteiger partial charge in [0.1, 0.15) is 5.78 Å². The lowest BCUT2D eigenvalue weighted by atomic mass is 10.0. The van der Waals surface area contributed by atoms with Crippen molar-refractivity contribution in [3.8, 4) is 11.1 Å². The van der Waals surface area contributed by atoms with Crippen LogP contribution >= 0.6 is 12.6 Å². The van der Waals surface area contributed by atoms with Gasteiger partial charge >= 0.3 is 0 Å². The highest BCUT2D eigenvalue weighted by molar-refractivity contribution is 7.81. The van der Waals surface area contributed by atoms with E-state index in [2.05, 4.69) is 12.6 Å². The molecule has 0 saturated heterocycles. The summed E-state index contributed by atoms with van der Waals surface area (Å²) in [7, 11) is 0. The predicted octanol–water partition coefficient (Wildman–Crippen LogP) is 2.94. The average molecular weight is 268 g/mol. The van der Waals surface area contributed by atoms with E-state index in [-0.39, 0.29) is 17.3 Å². The van der Waals surface area contributed by atoms with Crippen molar-refractivity contribution >= 4 is 24.2 Å². The summed E-state index contributed by atoms with van der Waals surface area (Å²) in [5.74, 6) is 0.394. The smallest absolute Gasteiger partial charge is 0.194 e. The Balaban J connectivity index is 2.08. The Morgan fingerprint density at radius 1 is 0.947 bits per heavy atom. The standard InChI is InChI=1S/C16H12O2S/c17-11(9-19)7-10-5-6-14-15(8-10)12-3-1-2-4-13(12)16(14)18/h1-6,8,19H,7,9H2. The molecule has 2 nitrogen and oxygen atoms in total. The van der Waals surface area contributed by atoms with E-state index in [1.54, 1.807) is 0 Å². The minimum Gasteiger partial charge on any atom is -0.298 e. The molecule has 0 atom stereocenters. The van der Waals surface area contributed by atoms with Gasteiger partial charge in [-0.05, 0) is 22.8 Å². The van der Waals surface area contributed by atoms with Crippen LogP contribution in [0.5, 0.6) is 0 Å². The Bertz CT molecular complexity index is 689. The van der Waals surface area contributed by atoms with E-state index in [9.17, 15) is 9.59 Å². The lowest BCUT2D eigenvalue weighted by Gasteiger charge is -2.03. The van der Waals surface area contributed by atoms with Crippen LogP contribution in [0.1, 0.15) is 21.5 Å². The maximum atomic E-state index is 12.2. The van der Waals surface area contributed by atoms with Gasteiger partial charge < -0.3 is 0 Å². The molecule has 3 heteroatoms.